The van der Waals surface area contributed by atoms with Crippen LogP contribution in [0.15, 0.2) is 48.7 Å². The lowest BCUT2D eigenvalue weighted by Gasteiger charge is -2.24. The standard InChI is InChI=1S/C17H17N3O4/c21-17(19-11-4-5-12-19)15(13-7-2-1-3-8-13)24-14-9-6-10-18-16(14)20(22)23/h1-3,6-10,15H,4-5,11-12H2/t15-/m1/s1. The molecule has 3 rings (SSSR count). The van der Waals surface area contributed by atoms with Crippen molar-refractivity contribution in [3.8, 4) is 5.75 Å². The number of aromatic nitrogens is 1. The van der Waals surface area contributed by atoms with E-state index in [0.717, 1.165) is 12.8 Å². The van der Waals surface area contributed by atoms with Crippen molar-refractivity contribution in [2.75, 3.05) is 13.1 Å². The maximum atomic E-state index is 12.8. The number of pyridine rings is 1. The third-order valence-corrected chi connectivity index (χ3v) is 3.91. The number of likely N-dealkylation sites (tertiary alicyclic amines) is 1. The van der Waals surface area contributed by atoms with Gasteiger partial charge in [-0.1, -0.05) is 30.3 Å². The van der Waals surface area contributed by atoms with E-state index in [-0.39, 0.29) is 11.7 Å². The van der Waals surface area contributed by atoms with Crippen LogP contribution in [-0.4, -0.2) is 33.8 Å². The van der Waals surface area contributed by atoms with Crippen LogP contribution in [0.1, 0.15) is 24.5 Å². The molecular formula is C17H17N3O4. The number of amides is 1. The zero-order chi connectivity index (χ0) is 16.9. The Morgan fingerprint density at radius 1 is 1.17 bits per heavy atom. The first kappa shape index (κ1) is 15.9. The molecule has 1 aliphatic rings. The van der Waals surface area contributed by atoms with Gasteiger partial charge in [-0.3, -0.25) is 4.79 Å². The summed E-state index contributed by atoms with van der Waals surface area (Å²) in [6.45, 7) is 1.36. The first-order chi connectivity index (χ1) is 11.7. The zero-order valence-corrected chi connectivity index (χ0v) is 13.0. The third-order valence-electron chi connectivity index (χ3n) is 3.91. The fraction of sp³-hybridized carbons (Fsp3) is 0.294. The molecule has 7 nitrogen and oxygen atoms in total. The van der Waals surface area contributed by atoms with Gasteiger partial charge in [-0.25, -0.2) is 0 Å². The summed E-state index contributed by atoms with van der Waals surface area (Å²) in [4.78, 5) is 28.8. The molecule has 1 aromatic heterocycles. The van der Waals surface area contributed by atoms with Gasteiger partial charge in [0.25, 0.3) is 5.91 Å². The lowest BCUT2D eigenvalue weighted by Crippen LogP contribution is -2.35. The molecular weight excluding hydrogens is 310 g/mol. The molecule has 0 radical (unpaired) electrons. The Morgan fingerprint density at radius 3 is 2.54 bits per heavy atom. The number of carbonyl (C=O) groups is 1. The fourth-order valence-corrected chi connectivity index (χ4v) is 2.73. The van der Waals surface area contributed by atoms with Gasteiger partial charge in [0, 0.05) is 18.7 Å². The molecule has 0 saturated carbocycles. The van der Waals surface area contributed by atoms with Gasteiger partial charge in [-0.2, -0.15) is 0 Å². The molecule has 2 aromatic rings. The third kappa shape index (κ3) is 3.34. The summed E-state index contributed by atoms with van der Waals surface area (Å²) in [6, 6.07) is 12.0. The Bertz CT molecular complexity index is 730. The van der Waals surface area contributed by atoms with Gasteiger partial charge in [0.1, 0.15) is 6.20 Å². The molecule has 1 aliphatic heterocycles. The summed E-state index contributed by atoms with van der Waals surface area (Å²) in [7, 11) is 0. The van der Waals surface area contributed by atoms with Gasteiger partial charge in [-0.05, 0) is 34.9 Å². The predicted octanol–water partition coefficient (Wildman–Crippen LogP) is 2.73. The van der Waals surface area contributed by atoms with E-state index >= 15 is 0 Å². The molecule has 0 N–H and O–H groups in total. The first-order valence-corrected chi connectivity index (χ1v) is 7.76. The van der Waals surface area contributed by atoms with Crippen molar-refractivity contribution in [2.24, 2.45) is 0 Å². The molecule has 7 heteroatoms. The van der Waals surface area contributed by atoms with E-state index in [2.05, 4.69) is 4.98 Å². The van der Waals surface area contributed by atoms with E-state index in [1.54, 1.807) is 35.2 Å². The lowest BCUT2D eigenvalue weighted by molar-refractivity contribution is -0.390. The molecule has 124 valence electrons. The highest BCUT2D eigenvalue weighted by molar-refractivity contribution is 5.83. The van der Waals surface area contributed by atoms with Crippen molar-refractivity contribution in [3.05, 3.63) is 64.3 Å². The number of carbonyl (C=O) groups excluding carboxylic acids is 1. The Labute approximate surface area is 139 Å². The van der Waals surface area contributed by atoms with E-state index in [1.165, 1.54) is 12.3 Å². The fourth-order valence-electron chi connectivity index (χ4n) is 2.73. The highest BCUT2D eigenvalue weighted by Gasteiger charge is 2.31. The van der Waals surface area contributed by atoms with Gasteiger partial charge in [-0.15, -0.1) is 0 Å². The molecule has 1 aromatic carbocycles. The number of benzene rings is 1. The van der Waals surface area contributed by atoms with Gasteiger partial charge in [0.15, 0.2) is 0 Å². The summed E-state index contributed by atoms with van der Waals surface area (Å²) in [5.74, 6) is -0.589. The molecule has 1 fully saturated rings. The highest BCUT2D eigenvalue weighted by atomic mass is 16.6. The first-order valence-electron chi connectivity index (χ1n) is 7.76. The monoisotopic (exact) mass is 327 g/mol. The topological polar surface area (TPSA) is 85.6 Å². The maximum Gasteiger partial charge on any atom is 0.406 e. The normalized spacial score (nSPS) is 15.1. The molecule has 0 spiro atoms. The van der Waals surface area contributed by atoms with Crippen molar-refractivity contribution in [1.29, 1.82) is 0 Å². The molecule has 0 aliphatic carbocycles. The largest absolute Gasteiger partial charge is 0.467 e. The minimum absolute atomic E-state index is 0.0103. The van der Waals surface area contributed by atoms with Crippen LogP contribution in [0.4, 0.5) is 5.82 Å². The number of nitro groups is 1. The van der Waals surface area contributed by atoms with Crippen LogP contribution in [0, 0.1) is 10.1 Å². The van der Waals surface area contributed by atoms with Gasteiger partial charge in [0.2, 0.25) is 11.9 Å². The average molecular weight is 327 g/mol. The summed E-state index contributed by atoms with van der Waals surface area (Å²) in [6.07, 6.45) is 2.32. The second kappa shape index (κ2) is 7.08. The van der Waals surface area contributed by atoms with Crippen LogP contribution < -0.4 is 4.74 Å². The van der Waals surface area contributed by atoms with E-state index in [9.17, 15) is 14.9 Å². The maximum absolute atomic E-state index is 12.8. The number of rotatable bonds is 5. The van der Waals surface area contributed by atoms with E-state index < -0.39 is 16.8 Å². The number of ether oxygens (including phenoxy) is 1. The van der Waals surface area contributed by atoms with E-state index in [1.807, 2.05) is 6.07 Å². The quantitative estimate of drug-likeness (QED) is 0.622. The Morgan fingerprint density at radius 2 is 1.88 bits per heavy atom. The van der Waals surface area contributed by atoms with Crippen LogP contribution in [0.5, 0.6) is 5.75 Å². The lowest BCUT2D eigenvalue weighted by atomic mass is 10.1. The Kier molecular flexibility index (Phi) is 4.69. The summed E-state index contributed by atoms with van der Waals surface area (Å²) >= 11 is 0. The summed E-state index contributed by atoms with van der Waals surface area (Å²) in [5.41, 5.74) is 0.660. The number of hydrogen-bond donors (Lipinski definition) is 0. The molecule has 24 heavy (non-hydrogen) atoms. The smallest absolute Gasteiger partial charge is 0.406 e. The van der Waals surface area contributed by atoms with Gasteiger partial charge < -0.3 is 19.8 Å². The molecule has 1 atom stereocenters. The minimum Gasteiger partial charge on any atom is -0.467 e. The summed E-state index contributed by atoms with van der Waals surface area (Å²) in [5, 5.41) is 11.1. The SMILES string of the molecule is O=C([C@H](Oc1cccnc1[N+](=O)[O-])c1ccccc1)N1CCCC1. The molecule has 2 heterocycles. The Balaban J connectivity index is 1.93. The van der Waals surface area contributed by atoms with Crippen molar-refractivity contribution in [2.45, 2.75) is 18.9 Å². The predicted molar refractivity (Wildman–Crippen MR) is 86.5 cm³/mol. The number of nitrogens with zero attached hydrogens (tertiary/aromatic N) is 3. The highest BCUT2D eigenvalue weighted by Crippen LogP contribution is 2.30. The number of hydrogen-bond acceptors (Lipinski definition) is 5. The second-order valence-corrected chi connectivity index (χ2v) is 5.52. The van der Waals surface area contributed by atoms with Crippen LogP contribution >= 0.6 is 0 Å². The van der Waals surface area contributed by atoms with Crippen molar-refractivity contribution < 1.29 is 14.5 Å². The van der Waals surface area contributed by atoms with Crippen LogP contribution in [0.3, 0.4) is 0 Å². The van der Waals surface area contributed by atoms with Crippen molar-refractivity contribution >= 4 is 11.7 Å². The van der Waals surface area contributed by atoms with E-state index in [0.29, 0.717) is 18.7 Å². The van der Waals surface area contributed by atoms with Crippen LogP contribution in [0.25, 0.3) is 0 Å². The average Bonchev–Trinajstić information content (AvgIpc) is 3.15. The van der Waals surface area contributed by atoms with Crippen LogP contribution in [0.2, 0.25) is 0 Å². The van der Waals surface area contributed by atoms with E-state index in [4.69, 9.17) is 4.74 Å². The van der Waals surface area contributed by atoms with Crippen molar-refractivity contribution in [3.63, 3.8) is 0 Å². The molecule has 0 unspecified atom stereocenters. The summed E-state index contributed by atoms with van der Waals surface area (Å²) < 4.78 is 5.77. The second-order valence-electron chi connectivity index (χ2n) is 5.52. The van der Waals surface area contributed by atoms with Gasteiger partial charge >= 0.3 is 5.82 Å². The minimum atomic E-state index is -0.924. The molecule has 1 saturated heterocycles. The zero-order valence-electron chi connectivity index (χ0n) is 13.0. The van der Waals surface area contributed by atoms with Crippen molar-refractivity contribution in [1.82, 2.24) is 9.88 Å². The Hall–Kier alpha value is -2.96. The molecule has 0 bridgehead atoms. The van der Waals surface area contributed by atoms with Gasteiger partial charge in [0.05, 0.1) is 0 Å². The van der Waals surface area contributed by atoms with Crippen LogP contribution in [-0.2, 0) is 4.79 Å². The molecule has 1 amide bonds.